The highest BCUT2D eigenvalue weighted by Crippen LogP contribution is 2.16. The lowest BCUT2D eigenvalue weighted by atomic mass is 10.1. The molecule has 0 radical (unpaired) electrons. The van der Waals surface area contributed by atoms with Gasteiger partial charge in [0.1, 0.15) is 8.07 Å². The summed E-state index contributed by atoms with van der Waals surface area (Å²) in [7, 11) is -1.35. The summed E-state index contributed by atoms with van der Waals surface area (Å²) in [5.41, 5.74) is 4.58. The van der Waals surface area contributed by atoms with Gasteiger partial charge >= 0.3 is 0 Å². The zero-order chi connectivity index (χ0) is 12.0. The van der Waals surface area contributed by atoms with E-state index in [9.17, 15) is 0 Å². The van der Waals surface area contributed by atoms with Gasteiger partial charge in [-0.2, -0.15) is 0 Å². The number of rotatable bonds is 4. The van der Waals surface area contributed by atoms with Crippen molar-refractivity contribution in [3.05, 3.63) is 52.4 Å². The fourth-order valence-electron chi connectivity index (χ4n) is 1.26. The summed E-state index contributed by atoms with van der Waals surface area (Å²) in [5.74, 6) is 0. The fourth-order valence-corrected chi connectivity index (χ4v) is 1.87. The Bertz CT molecular complexity index is 381. The first-order valence-corrected chi connectivity index (χ1v) is 9.53. The second-order valence-electron chi connectivity index (χ2n) is 4.94. The highest BCUT2D eigenvalue weighted by molar-refractivity contribution is 6.91. The van der Waals surface area contributed by atoms with Crippen molar-refractivity contribution < 1.29 is 0 Å². The van der Waals surface area contributed by atoms with Crippen LogP contribution in [0.1, 0.15) is 12.0 Å². The van der Waals surface area contributed by atoms with Crippen LogP contribution in [-0.4, -0.2) is 8.07 Å². The quantitative estimate of drug-likeness (QED) is 0.533. The Balaban J connectivity index is 2.50. The average Bonchev–Trinajstić information content (AvgIpc) is 2.24. The van der Waals surface area contributed by atoms with E-state index in [0.717, 1.165) is 17.5 Å². The van der Waals surface area contributed by atoms with Crippen LogP contribution < -0.4 is 0 Å². The molecule has 0 aromatic heterocycles. The topological polar surface area (TPSA) is 0 Å². The third-order valence-corrected chi connectivity index (χ3v) is 5.58. The van der Waals surface area contributed by atoms with E-state index < -0.39 is 8.07 Å². The van der Waals surface area contributed by atoms with E-state index in [0.29, 0.717) is 0 Å². The lowest BCUT2D eigenvalue weighted by molar-refractivity contribution is 1.00. The molecule has 0 atom stereocenters. The highest BCUT2D eigenvalue weighted by Gasteiger charge is 2.16. The van der Waals surface area contributed by atoms with Crippen LogP contribution >= 0.6 is 11.6 Å². The third-order valence-electron chi connectivity index (χ3n) is 2.31. The monoisotopic (exact) mass is 250 g/mol. The van der Waals surface area contributed by atoms with E-state index in [4.69, 9.17) is 11.6 Å². The van der Waals surface area contributed by atoms with Gasteiger partial charge in [0.05, 0.1) is 0 Å². The summed E-state index contributed by atoms with van der Waals surface area (Å²) in [4.78, 5) is 0. The van der Waals surface area contributed by atoms with Crippen molar-refractivity contribution in [1.29, 1.82) is 0 Å². The molecule has 0 aliphatic carbocycles. The first-order chi connectivity index (χ1) is 7.50. The lowest BCUT2D eigenvalue weighted by Gasteiger charge is -2.11. The standard InChI is InChI=1S/C14H19ClSi/c1-16(2,3)14(15)12-8-7-11-13-9-5-4-6-10-13/h4-6,8-10H,7,11H2,1-3H3. The van der Waals surface area contributed by atoms with Crippen LogP contribution in [0.15, 0.2) is 46.8 Å². The van der Waals surface area contributed by atoms with E-state index in [2.05, 4.69) is 55.7 Å². The van der Waals surface area contributed by atoms with E-state index in [1.54, 1.807) is 0 Å². The molecular weight excluding hydrogens is 232 g/mol. The first-order valence-electron chi connectivity index (χ1n) is 5.65. The Hall–Kier alpha value is -0.753. The molecule has 0 saturated carbocycles. The molecule has 0 unspecified atom stereocenters. The molecule has 0 nitrogen and oxygen atoms in total. The maximum absolute atomic E-state index is 6.17. The SMILES string of the molecule is C[Si](C)(C)C(Cl)=C=CCCc1ccccc1. The molecule has 1 rings (SSSR count). The largest absolute Gasteiger partial charge is 0.114 e. The summed E-state index contributed by atoms with van der Waals surface area (Å²) in [5, 5.41) is 0. The van der Waals surface area contributed by atoms with Crippen molar-refractivity contribution in [2.24, 2.45) is 0 Å². The summed E-state index contributed by atoms with van der Waals surface area (Å²) in [6, 6.07) is 10.5. The van der Waals surface area contributed by atoms with Gasteiger partial charge in [-0.25, -0.2) is 0 Å². The molecule has 0 spiro atoms. The minimum Gasteiger partial charge on any atom is -0.114 e. The van der Waals surface area contributed by atoms with Gasteiger partial charge in [0.15, 0.2) is 0 Å². The molecule has 16 heavy (non-hydrogen) atoms. The van der Waals surface area contributed by atoms with Crippen LogP contribution in [0.3, 0.4) is 0 Å². The summed E-state index contributed by atoms with van der Waals surface area (Å²) in [6.45, 7) is 6.69. The van der Waals surface area contributed by atoms with Crippen molar-refractivity contribution in [3.63, 3.8) is 0 Å². The molecule has 0 amide bonds. The molecule has 0 fully saturated rings. The van der Waals surface area contributed by atoms with Crippen LogP contribution in [-0.2, 0) is 6.42 Å². The van der Waals surface area contributed by atoms with Gasteiger partial charge in [-0.1, -0.05) is 61.6 Å². The van der Waals surface area contributed by atoms with Crippen molar-refractivity contribution in [2.75, 3.05) is 0 Å². The molecule has 0 aliphatic heterocycles. The van der Waals surface area contributed by atoms with E-state index in [1.165, 1.54) is 5.56 Å². The van der Waals surface area contributed by atoms with Crippen LogP contribution in [0.5, 0.6) is 0 Å². The van der Waals surface area contributed by atoms with Gasteiger partial charge in [0.25, 0.3) is 0 Å². The minimum absolute atomic E-state index is 0.931. The number of hydrogen-bond acceptors (Lipinski definition) is 0. The van der Waals surface area contributed by atoms with Crippen molar-refractivity contribution in [1.82, 2.24) is 0 Å². The van der Waals surface area contributed by atoms with Gasteiger partial charge in [-0.05, 0) is 24.5 Å². The lowest BCUT2D eigenvalue weighted by Crippen LogP contribution is -2.19. The predicted molar refractivity (Wildman–Crippen MR) is 75.6 cm³/mol. The van der Waals surface area contributed by atoms with Crippen LogP contribution in [0.25, 0.3) is 0 Å². The van der Waals surface area contributed by atoms with Crippen LogP contribution in [0.4, 0.5) is 0 Å². The summed E-state index contributed by atoms with van der Waals surface area (Å²) in [6.07, 6.45) is 4.13. The Morgan fingerprint density at radius 2 is 1.88 bits per heavy atom. The predicted octanol–water partition coefficient (Wildman–Crippen LogP) is 4.77. The molecule has 0 N–H and O–H groups in total. The Kier molecular flexibility index (Phi) is 5.07. The van der Waals surface area contributed by atoms with E-state index in [-0.39, 0.29) is 0 Å². The molecule has 0 bridgehead atoms. The van der Waals surface area contributed by atoms with Gasteiger partial charge in [0.2, 0.25) is 0 Å². The Labute approximate surface area is 105 Å². The van der Waals surface area contributed by atoms with Gasteiger partial charge in [-0.15, -0.1) is 5.73 Å². The van der Waals surface area contributed by atoms with Gasteiger partial charge < -0.3 is 0 Å². The molecular formula is C14H19ClSi. The summed E-state index contributed by atoms with van der Waals surface area (Å²) < 4.78 is 0.931. The molecule has 0 saturated heterocycles. The minimum atomic E-state index is -1.35. The smallest absolute Gasteiger partial charge is 0.102 e. The van der Waals surface area contributed by atoms with Gasteiger partial charge in [-0.3, -0.25) is 0 Å². The number of allylic oxidation sites excluding steroid dienone is 1. The van der Waals surface area contributed by atoms with E-state index >= 15 is 0 Å². The van der Waals surface area contributed by atoms with Crippen molar-refractivity contribution >= 4 is 19.7 Å². The Morgan fingerprint density at radius 3 is 2.44 bits per heavy atom. The zero-order valence-electron chi connectivity index (χ0n) is 10.3. The molecule has 0 aliphatic rings. The molecule has 1 aromatic rings. The van der Waals surface area contributed by atoms with Crippen LogP contribution in [0.2, 0.25) is 19.6 Å². The first kappa shape index (κ1) is 13.3. The molecule has 1 aromatic carbocycles. The number of halogens is 1. The maximum atomic E-state index is 6.17. The molecule has 2 heteroatoms. The summed E-state index contributed by atoms with van der Waals surface area (Å²) >= 11 is 6.17. The normalized spacial score (nSPS) is 10.8. The third kappa shape index (κ3) is 4.85. The molecule has 86 valence electrons. The second-order valence-corrected chi connectivity index (χ2v) is 10.6. The van der Waals surface area contributed by atoms with Crippen molar-refractivity contribution in [2.45, 2.75) is 32.5 Å². The second kappa shape index (κ2) is 6.10. The highest BCUT2D eigenvalue weighted by atomic mass is 35.5. The maximum Gasteiger partial charge on any atom is 0.102 e. The fraction of sp³-hybridized carbons (Fsp3) is 0.357. The number of aryl methyl sites for hydroxylation is 1. The van der Waals surface area contributed by atoms with Gasteiger partial charge in [0, 0.05) is 4.66 Å². The zero-order valence-corrected chi connectivity index (χ0v) is 12.0. The number of benzene rings is 1. The Morgan fingerprint density at radius 1 is 1.25 bits per heavy atom. The van der Waals surface area contributed by atoms with Crippen molar-refractivity contribution in [3.8, 4) is 0 Å². The van der Waals surface area contributed by atoms with E-state index in [1.807, 2.05) is 6.07 Å². The molecule has 0 heterocycles. The van der Waals surface area contributed by atoms with Crippen LogP contribution in [0, 0.1) is 0 Å². The number of hydrogen-bond donors (Lipinski definition) is 0. The average molecular weight is 251 g/mol.